The van der Waals surface area contributed by atoms with E-state index in [9.17, 15) is 4.79 Å². The molecular weight excluding hydrogens is 244 g/mol. The van der Waals surface area contributed by atoms with Gasteiger partial charge in [-0.1, -0.05) is 27.7 Å². The highest BCUT2D eigenvalue weighted by atomic mass is 32.1. The standard InChI is InChI=1S/C14H24N2OS/c1-9(8-13(16)17)7-10(15)11-5-6-12(18-11)14(2,3)4/h5-6,9-10H,7-8,15H2,1-4H3,(H2,16,17). The van der Waals surface area contributed by atoms with Gasteiger partial charge in [-0.25, -0.2) is 0 Å². The number of hydrogen-bond donors (Lipinski definition) is 2. The van der Waals surface area contributed by atoms with E-state index in [2.05, 4.69) is 32.9 Å². The minimum absolute atomic E-state index is 0.000417. The van der Waals surface area contributed by atoms with Crippen molar-refractivity contribution in [3.05, 3.63) is 21.9 Å². The molecule has 4 N–H and O–H groups in total. The maximum atomic E-state index is 10.8. The minimum Gasteiger partial charge on any atom is -0.370 e. The average Bonchev–Trinajstić information content (AvgIpc) is 2.63. The maximum absolute atomic E-state index is 10.8. The predicted octanol–water partition coefficient (Wildman–Crippen LogP) is 2.95. The molecular formula is C14H24N2OS. The molecule has 102 valence electrons. The Bertz CT molecular complexity index is 406. The van der Waals surface area contributed by atoms with Crippen LogP contribution < -0.4 is 11.5 Å². The van der Waals surface area contributed by atoms with Crippen LogP contribution in [0.4, 0.5) is 0 Å². The second-order valence-electron chi connectivity index (χ2n) is 6.07. The van der Waals surface area contributed by atoms with Gasteiger partial charge in [0.2, 0.25) is 5.91 Å². The van der Waals surface area contributed by atoms with Crippen LogP contribution in [0.1, 0.15) is 56.3 Å². The molecule has 0 aromatic carbocycles. The first-order chi connectivity index (χ1) is 8.20. The number of hydrogen-bond acceptors (Lipinski definition) is 3. The number of nitrogens with two attached hydrogens (primary N) is 2. The number of rotatable bonds is 5. The van der Waals surface area contributed by atoms with Gasteiger partial charge in [-0.3, -0.25) is 4.79 Å². The summed E-state index contributed by atoms with van der Waals surface area (Å²) in [4.78, 5) is 13.4. The third-order valence-electron chi connectivity index (χ3n) is 2.94. The second-order valence-corrected chi connectivity index (χ2v) is 7.19. The Kier molecular flexibility index (Phi) is 4.93. The molecule has 0 bridgehead atoms. The summed E-state index contributed by atoms with van der Waals surface area (Å²) >= 11 is 1.77. The topological polar surface area (TPSA) is 69.1 Å². The van der Waals surface area contributed by atoms with E-state index in [1.165, 1.54) is 9.75 Å². The van der Waals surface area contributed by atoms with Crippen molar-refractivity contribution in [2.45, 2.75) is 52.0 Å². The fraction of sp³-hybridized carbons (Fsp3) is 0.643. The van der Waals surface area contributed by atoms with Gasteiger partial charge in [0.15, 0.2) is 0 Å². The van der Waals surface area contributed by atoms with E-state index >= 15 is 0 Å². The fourth-order valence-corrected chi connectivity index (χ4v) is 3.01. The summed E-state index contributed by atoms with van der Waals surface area (Å²) in [5, 5.41) is 0. The summed E-state index contributed by atoms with van der Waals surface area (Å²) in [7, 11) is 0. The van der Waals surface area contributed by atoms with Crippen molar-refractivity contribution in [1.82, 2.24) is 0 Å². The van der Waals surface area contributed by atoms with Crippen LogP contribution in [0.3, 0.4) is 0 Å². The Morgan fingerprint density at radius 3 is 2.44 bits per heavy atom. The zero-order valence-corrected chi connectivity index (χ0v) is 12.5. The average molecular weight is 268 g/mol. The summed E-state index contributed by atoms with van der Waals surface area (Å²) in [5.41, 5.74) is 11.5. The van der Waals surface area contributed by atoms with Gasteiger partial charge in [0.05, 0.1) is 0 Å². The Morgan fingerprint density at radius 2 is 2.00 bits per heavy atom. The second kappa shape index (κ2) is 5.85. The molecule has 2 atom stereocenters. The van der Waals surface area contributed by atoms with E-state index in [-0.39, 0.29) is 23.3 Å². The number of primary amides is 1. The Morgan fingerprint density at radius 1 is 1.39 bits per heavy atom. The highest BCUT2D eigenvalue weighted by molar-refractivity contribution is 7.12. The molecule has 3 nitrogen and oxygen atoms in total. The minimum atomic E-state index is -0.253. The molecule has 0 saturated carbocycles. The van der Waals surface area contributed by atoms with Gasteiger partial charge in [-0.2, -0.15) is 0 Å². The van der Waals surface area contributed by atoms with Crippen LogP contribution in [-0.2, 0) is 10.2 Å². The van der Waals surface area contributed by atoms with Crippen molar-refractivity contribution in [1.29, 1.82) is 0 Å². The van der Waals surface area contributed by atoms with E-state index in [4.69, 9.17) is 11.5 Å². The highest BCUT2D eigenvalue weighted by Gasteiger charge is 2.19. The first kappa shape index (κ1) is 15.2. The number of carbonyl (C=O) groups excluding carboxylic acids is 1. The maximum Gasteiger partial charge on any atom is 0.217 e. The molecule has 1 rings (SSSR count). The number of amides is 1. The molecule has 0 aliphatic rings. The van der Waals surface area contributed by atoms with Gasteiger partial charge >= 0.3 is 0 Å². The van der Waals surface area contributed by atoms with Crippen LogP contribution in [0.2, 0.25) is 0 Å². The van der Waals surface area contributed by atoms with Crippen molar-refractivity contribution >= 4 is 17.2 Å². The van der Waals surface area contributed by atoms with Crippen molar-refractivity contribution in [2.24, 2.45) is 17.4 Å². The van der Waals surface area contributed by atoms with Crippen LogP contribution in [0.15, 0.2) is 12.1 Å². The molecule has 1 amide bonds. The molecule has 18 heavy (non-hydrogen) atoms. The van der Waals surface area contributed by atoms with Crippen LogP contribution in [0.25, 0.3) is 0 Å². The lowest BCUT2D eigenvalue weighted by molar-refractivity contribution is -0.118. The summed E-state index contributed by atoms with van der Waals surface area (Å²) in [5.74, 6) is -0.0195. The molecule has 0 fully saturated rings. The molecule has 0 saturated heterocycles. The van der Waals surface area contributed by atoms with Crippen LogP contribution in [0, 0.1) is 5.92 Å². The largest absolute Gasteiger partial charge is 0.370 e. The van der Waals surface area contributed by atoms with E-state index in [1.54, 1.807) is 11.3 Å². The van der Waals surface area contributed by atoms with E-state index in [0.29, 0.717) is 6.42 Å². The van der Waals surface area contributed by atoms with Gasteiger partial charge in [-0.15, -0.1) is 11.3 Å². The highest BCUT2D eigenvalue weighted by Crippen LogP contribution is 2.33. The summed E-state index contributed by atoms with van der Waals surface area (Å²) < 4.78 is 0. The molecule has 0 spiro atoms. The van der Waals surface area contributed by atoms with E-state index in [1.807, 2.05) is 6.92 Å². The predicted molar refractivity (Wildman–Crippen MR) is 77.5 cm³/mol. The molecule has 1 heterocycles. The van der Waals surface area contributed by atoms with Crippen molar-refractivity contribution in [3.63, 3.8) is 0 Å². The zero-order valence-electron chi connectivity index (χ0n) is 11.7. The normalized spacial score (nSPS) is 15.4. The molecule has 1 aromatic heterocycles. The molecule has 0 aliphatic heterocycles. The van der Waals surface area contributed by atoms with Crippen molar-refractivity contribution in [3.8, 4) is 0 Å². The monoisotopic (exact) mass is 268 g/mol. The van der Waals surface area contributed by atoms with Crippen molar-refractivity contribution in [2.75, 3.05) is 0 Å². The summed E-state index contributed by atoms with van der Waals surface area (Å²) in [6, 6.07) is 4.26. The Balaban J connectivity index is 2.64. The number of thiophene rings is 1. The number of carbonyl (C=O) groups is 1. The van der Waals surface area contributed by atoms with Gasteiger partial charge in [0, 0.05) is 22.2 Å². The van der Waals surface area contributed by atoms with Crippen LogP contribution in [0.5, 0.6) is 0 Å². The third kappa shape index (κ3) is 4.42. The zero-order chi connectivity index (χ0) is 13.9. The lowest BCUT2D eigenvalue weighted by Crippen LogP contribution is -2.19. The molecule has 0 radical (unpaired) electrons. The first-order valence-electron chi connectivity index (χ1n) is 6.34. The molecule has 0 aliphatic carbocycles. The Labute approximate surface area is 114 Å². The molecule has 4 heteroatoms. The van der Waals surface area contributed by atoms with Gasteiger partial charge in [0.1, 0.15) is 0 Å². The van der Waals surface area contributed by atoms with E-state index in [0.717, 1.165) is 6.42 Å². The quantitative estimate of drug-likeness (QED) is 0.862. The van der Waals surface area contributed by atoms with Crippen LogP contribution >= 0.6 is 11.3 Å². The SMILES string of the molecule is CC(CC(N)=O)CC(N)c1ccc(C(C)(C)C)s1. The van der Waals surface area contributed by atoms with Gasteiger partial charge < -0.3 is 11.5 Å². The van der Waals surface area contributed by atoms with Crippen LogP contribution in [-0.4, -0.2) is 5.91 Å². The summed E-state index contributed by atoms with van der Waals surface area (Å²) in [6.45, 7) is 8.61. The Hall–Kier alpha value is -0.870. The smallest absolute Gasteiger partial charge is 0.217 e. The fourth-order valence-electron chi connectivity index (χ4n) is 1.93. The lowest BCUT2D eigenvalue weighted by Gasteiger charge is -2.17. The van der Waals surface area contributed by atoms with E-state index < -0.39 is 0 Å². The molecule has 1 aromatic rings. The first-order valence-corrected chi connectivity index (χ1v) is 7.16. The lowest BCUT2D eigenvalue weighted by atomic mass is 9.94. The van der Waals surface area contributed by atoms with Gasteiger partial charge in [-0.05, 0) is 29.9 Å². The van der Waals surface area contributed by atoms with Gasteiger partial charge in [0.25, 0.3) is 0 Å². The third-order valence-corrected chi connectivity index (χ3v) is 4.58. The van der Waals surface area contributed by atoms with Crippen molar-refractivity contribution < 1.29 is 4.79 Å². The summed E-state index contributed by atoms with van der Waals surface area (Å²) in [6.07, 6.45) is 1.21. The molecule has 2 unspecified atom stereocenters.